The van der Waals surface area contributed by atoms with Crippen LogP contribution in [-0.2, 0) is 11.3 Å². The van der Waals surface area contributed by atoms with Gasteiger partial charge in [0.1, 0.15) is 0 Å². The van der Waals surface area contributed by atoms with Crippen LogP contribution in [0.3, 0.4) is 0 Å². The summed E-state index contributed by atoms with van der Waals surface area (Å²) in [4.78, 5) is 0. The van der Waals surface area contributed by atoms with Crippen molar-refractivity contribution in [2.24, 2.45) is 5.92 Å². The zero-order chi connectivity index (χ0) is 11.9. The van der Waals surface area contributed by atoms with Crippen molar-refractivity contribution in [1.82, 2.24) is 0 Å². The van der Waals surface area contributed by atoms with E-state index in [0.717, 1.165) is 51.2 Å². The first-order valence-electron chi connectivity index (χ1n) is 6.64. The summed E-state index contributed by atoms with van der Waals surface area (Å²) in [5, 5.41) is 9.42. The first-order valence-corrected chi connectivity index (χ1v) is 6.64. The highest BCUT2D eigenvalue weighted by molar-refractivity contribution is 5.13. The van der Waals surface area contributed by atoms with Gasteiger partial charge < -0.3 is 9.84 Å². The van der Waals surface area contributed by atoms with E-state index in [2.05, 4.69) is 12.1 Å². The molecule has 0 heterocycles. The summed E-state index contributed by atoms with van der Waals surface area (Å²) in [6, 6.07) is 10.3. The Hall–Kier alpha value is -0.860. The number of ether oxygens (including phenoxy) is 1. The van der Waals surface area contributed by atoms with Gasteiger partial charge in [0.15, 0.2) is 0 Å². The summed E-state index contributed by atoms with van der Waals surface area (Å²) < 4.78 is 5.69. The lowest BCUT2D eigenvalue weighted by atomic mass is 9.86. The van der Waals surface area contributed by atoms with Gasteiger partial charge in [0.2, 0.25) is 0 Å². The number of rotatable bonds is 5. The number of hydrogen-bond donors (Lipinski definition) is 1. The van der Waals surface area contributed by atoms with Crippen LogP contribution >= 0.6 is 0 Å². The van der Waals surface area contributed by atoms with Gasteiger partial charge in [-0.3, -0.25) is 0 Å². The average molecular weight is 234 g/mol. The van der Waals surface area contributed by atoms with Crippen LogP contribution in [0.25, 0.3) is 0 Å². The Balaban J connectivity index is 1.57. The molecule has 0 unspecified atom stereocenters. The molecule has 2 nitrogen and oxygen atoms in total. The lowest BCUT2D eigenvalue weighted by Gasteiger charge is -2.25. The number of benzene rings is 1. The van der Waals surface area contributed by atoms with Crippen molar-refractivity contribution >= 4 is 0 Å². The zero-order valence-electron chi connectivity index (χ0n) is 10.3. The van der Waals surface area contributed by atoms with Crippen molar-refractivity contribution in [2.75, 3.05) is 6.61 Å². The molecule has 0 spiro atoms. The van der Waals surface area contributed by atoms with Crippen LogP contribution in [0, 0.1) is 5.92 Å². The van der Waals surface area contributed by atoms with Crippen LogP contribution in [-0.4, -0.2) is 17.8 Å². The highest BCUT2D eigenvalue weighted by Crippen LogP contribution is 2.26. The first kappa shape index (κ1) is 12.6. The van der Waals surface area contributed by atoms with Gasteiger partial charge in [0, 0.05) is 6.61 Å². The Morgan fingerprint density at radius 1 is 1.06 bits per heavy atom. The monoisotopic (exact) mass is 234 g/mol. The Bertz CT molecular complexity index is 302. The maximum absolute atomic E-state index is 9.42. The van der Waals surface area contributed by atoms with Crippen LogP contribution in [0.5, 0.6) is 0 Å². The van der Waals surface area contributed by atoms with Gasteiger partial charge in [-0.25, -0.2) is 0 Å². The minimum Gasteiger partial charge on any atom is -0.393 e. The van der Waals surface area contributed by atoms with E-state index in [1.807, 2.05) is 18.2 Å². The van der Waals surface area contributed by atoms with Gasteiger partial charge in [0.05, 0.1) is 12.7 Å². The van der Waals surface area contributed by atoms with Crippen LogP contribution in [0.1, 0.15) is 37.7 Å². The van der Waals surface area contributed by atoms with Gasteiger partial charge in [-0.15, -0.1) is 0 Å². The van der Waals surface area contributed by atoms with Crippen LogP contribution in [0.15, 0.2) is 30.3 Å². The van der Waals surface area contributed by atoms with E-state index >= 15 is 0 Å². The van der Waals surface area contributed by atoms with Crippen molar-refractivity contribution in [3.63, 3.8) is 0 Å². The molecule has 0 bridgehead atoms. The second-order valence-corrected chi connectivity index (χ2v) is 5.00. The van der Waals surface area contributed by atoms with Crippen molar-refractivity contribution in [3.05, 3.63) is 35.9 Å². The smallest absolute Gasteiger partial charge is 0.0716 e. The van der Waals surface area contributed by atoms with Crippen LogP contribution < -0.4 is 0 Å². The van der Waals surface area contributed by atoms with Crippen LogP contribution in [0.4, 0.5) is 0 Å². The van der Waals surface area contributed by atoms with E-state index in [4.69, 9.17) is 4.74 Å². The topological polar surface area (TPSA) is 29.5 Å². The molecule has 0 aliphatic heterocycles. The van der Waals surface area contributed by atoms with E-state index in [0.29, 0.717) is 0 Å². The molecule has 2 heteroatoms. The van der Waals surface area contributed by atoms with Gasteiger partial charge >= 0.3 is 0 Å². The molecule has 1 aliphatic rings. The molecule has 1 fully saturated rings. The van der Waals surface area contributed by atoms with E-state index in [1.165, 1.54) is 5.56 Å². The molecule has 1 aliphatic carbocycles. The third-order valence-electron chi connectivity index (χ3n) is 3.60. The lowest BCUT2D eigenvalue weighted by molar-refractivity contribution is 0.0754. The van der Waals surface area contributed by atoms with Crippen molar-refractivity contribution < 1.29 is 9.84 Å². The number of aliphatic hydroxyl groups excluding tert-OH is 1. The third kappa shape index (κ3) is 4.49. The molecule has 94 valence electrons. The molecule has 0 aromatic heterocycles. The fourth-order valence-corrected chi connectivity index (χ4v) is 2.45. The largest absolute Gasteiger partial charge is 0.393 e. The van der Waals surface area contributed by atoms with E-state index in [1.54, 1.807) is 0 Å². The summed E-state index contributed by atoms with van der Waals surface area (Å²) in [6.45, 7) is 1.56. The molecule has 1 aromatic carbocycles. The Kier molecular flexibility index (Phi) is 5.02. The molecular weight excluding hydrogens is 212 g/mol. The fraction of sp³-hybridized carbons (Fsp3) is 0.600. The minimum atomic E-state index is -0.0449. The summed E-state index contributed by atoms with van der Waals surface area (Å²) in [6.07, 6.45) is 5.37. The van der Waals surface area contributed by atoms with Gasteiger partial charge in [-0.2, -0.15) is 0 Å². The van der Waals surface area contributed by atoms with E-state index < -0.39 is 0 Å². The van der Waals surface area contributed by atoms with Crippen molar-refractivity contribution in [3.8, 4) is 0 Å². The maximum Gasteiger partial charge on any atom is 0.0716 e. The van der Waals surface area contributed by atoms with Crippen molar-refractivity contribution in [2.45, 2.75) is 44.8 Å². The summed E-state index contributed by atoms with van der Waals surface area (Å²) >= 11 is 0. The van der Waals surface area contributed by atoms with Gasteiger partial charge in [-0.05, 0) is 43.6 Å². The molecule has 0 radical (unpaired) electrons. The van der Waals surface area contributed by atoms with E-state index in [9.17, 15) is 5.11 Å². The van der Waals surface area contributed by atoms with Gasteiger partial charge in [0.25, 0.3) is 0 Å². The second kappa shape index (κ2) is 6.77. The zero-order valence-corrected chi connectivity index (χ0v) is 10.3. The highest BCUT2D eigenvalue weighted by atomic mass is 16.5. The molecule has 2 rings (SSSR count). The normalized spacial score (nSPS) is 24.8. The number of aliphatic hydroxyl groups is 1. The molecule has 1 N–H and O–H groups in total. The van der Waals surface area contributed by atoms with E-state index in [-0.39, 0.29) is 6.10 Å². The second-order valence-electron chi connectivity index (χ2n) is 5.00. The summed E-state index contributed by atoms with van der Waals surface area (Å²) in [7, 11) is 0. The molecule has 1 saturated carbocycles. The molecule has 0 atom stereocenters. The molecule has 0 saturated heterocycles. The molecular formula is C15H22O2. The molecule has 1 aromatic rings. The first-order chi connectivity index (χ1) is 8.34. The minimum absolute atomic E-state index is 0.0449. The predicted octanol–water partition coefficient (Wildman–Crippen LogP) is 3.14. The average Bonchev–Trinajstić information content (AvgIpc) is 2.38. The summed E-state index contributed by atoms with van der Waals surface area (Å²) in [5.41, 5.74) is 1.24. The molecule has 0 amide bonds. The highest BCUT2D eigenvalue weighted by Gasteiger charge is 2.18. The van der Waals surface area contributed by atoms with Crippen molar-refractivity contribution in [1.29, 1.82) is 0 Å². The number of hydrogen-bond acceptors (Lipinski definition) is 2. The Morgan fingerprint density at radius 2 is 1.76 bits per heavy atom. The summed E-state index contributed by atoms with van der Waals surface area (Å²) in [5.74, 6) is 0.758. The molecule has 17 heavy (non-hydrogen) atoms. The fourth-order valence-electron chi connectivity index (χ4n) is 2.45. The van der Waals surface area contributed by atoms with Crippen LogP contribution in [0.2, 0.25) is 0 Å². The van der Waals surface area contributed by atoms with Gasteiger partial charge in [-0.1, -0.05) is 30.3 Å². The lowest BCUT2D eigenvalue weighted by Crippen LogP contribution is -2.19. The SMILES string of the molecule is OC1CCC(CCOCc2ccccc2)CC1. The standard InChI is InChI=1S/C15H22O2/c16-15-8-6-13(7-9-15)10-11-17-12-14-4-2-1-3-5-14/h1-5,13,15-16H,6-12H2. The third-order valence-corrected chi connectivity index (χ3v) is 3.60. The maximum atomic E-state index is 9.42. The Labute approximate surface area is 104 Å². The Morgan fingerprint density at radius 3 is 2.47 bits per heavy atom. The predicted molar refractivity (Wildman–Crippen MR) is 68.7 cm³/mol. The quantitative estimate of drug-likeness (QED) is 0.793.